The van der Waals surface area contributed by atoms with Crippen LogP contribution in [0.15, 0.2) is 59.4 Å². The first kappa shape index (κ1) is 18.8. The molecule has 0 radical (unpaired) electrons. The summed E-state index contributed by atoms with van der Waals surface area (Å²) in [6, 6.07) is 14.4. The normalized spacial score (nSPS) is 10.4. The first-order chi connectivity index (χ1) is 13.3. The Hall–Kier alpha value is -3.94. The molecule has 2 amide bonds. The molecule has 0 atom stereocenters. The van der Waals surface area contributed by atoms with Crippen LogP contribution < -0.4 is 16.2 Å². The second kappa shape index (κ2) is 7.75. The number of hydrogen-bond donors (Lipinski definition) is 3. The molecule has 0 fully saturated rings. The standard InChI is InChI=1S/C20H18N4O4/c1-12-4-3-5-16(10-12)24-18(27)11-17(26)19(23-24)20(28)22-15-8-6-14(7-9-15)21-13(2)25/h3-11,26H,1-2H3,(H,21,25)(H,22,28). The van der Waals surface area contributed by atoms with Gasteiger partial charge in [0, 0.05) is 24.4 Å². The van der Waals surface area contributed by atoms with Gasteiger partial charge < -0.3 is 15.7 Å². The van der Waals surface area contributed by atoms with E-state index >= 15 is 0 Å². The number of hydrogen-bond acceptors (Lipinski definition) is 5. The predicted octanol–water partition coefficient (Wildman–Crippen LogP) is 2.46. The van der Waals surface area contributed by atoms with Crippen molar-refractivity contribution in [3.05, 3.63) is 76.2 Å². The van der Waals surface area contributed by atoms with Crippen LogP contribution in [0.5, 0.6) is 5.75 Å². The Labute approximate surface area is 160 Å². The molecule has 0 bridgehead atoms. The summed E-state index contributed by atoms with van der Waals surface area (Å²) in [6.45, 7) is 3.26. The van der Waals surface area contributed by atoms with Gasteiger partial charge in [0.2, 0.25) is 5.91 Å². The van der Waals surface area contributed by atoms with E-state index in [-0.39, 0.29) is 11.6 Å². The van der Waals surface area contributed by atoms with Crippen LogP contribution in [0, 0.1) is 6.92 Å². The summed E-state index contributed by atoms with van der Waals surface area (Å²) < 4.78 is 1.06. The third kappa shape index (κ3) is 4.24. The van der Waals surface area contributed by atoms with Crippen molar-refractivity contribution in [2.45, 2.75) is 13.8 Å². The van der Waals surface area contributed by atoms with Gasteiger partial charge in [0.05, 0.1) is 5.69 Å². The van der Waals surface area contributed by atoms with Crippen molar-refractivity contribution in [2.75, 3.05) is 10.6 Å². The minimum absolute atomic E-state index is 0.204. The molecule has 3 N–H and O–H groups in total. The number of nitrogens with zero attached hydrogens (tertiary/aromatic N) is 2. The van der Waals surface area contributed by atoms with E-state index in [1.807, 2.05) is 13.0 Å². The lowest BCUT2D eigenvalue weighted by atomic mass is 10.2. The van der Waals surface area contributed by atoms with Crippen molar-refractivity contribution in [1.82, 2.24) is 9.78 Å². The molecule has 1 aromatic heterocycles. The van der Waals surface area contributed by atoms with Crippen molar-refractivity contribution in [2.24, 2.45) is 0 Å². The molecule has 3 aromatic rings. The number of amides is 2. The van der Waals surface area contributed by atoms with Crippen LogP contribution >= 0.6 is 0 Å². The number of anilines is 2. The Morgan fingerprint density at radius 3 is 2.25 bits per heavy atom. The van der Waals surface area contributed by atoms with Gasteiger partial charge in [-0.3, -0.25) is 14.4 Å². The Balaban J connectivity index is 1.88. The maximum Gasteiger partial charge on any atom is 0.279 e. The number of aromatic nitrogens is 2. The van der Waals surface area contributed by atoms with Gasteiger partial charge in [-0.1, -0.05) is 12.1 Å². The molecule has 2 aromatic carbocycles. The first-order valence-corrected chi connectivity index (χ1v) is 8.43. The fourth-order valence-corrected chi connectivity index (χ4v) is 2.58. The summed E-state index contributed by atoms with van der Waals surface area (Å²) >= 11 is 0. The van der Waals surface area contributed by atoms with Crippen molar-refractivity contribution < 1.29 is 14.7 Å². The van der Waals surface area contributed by atoms with Gasteiger partial charge in [-0.15, -0.1) is 0 Å². The van der Waals surface area contributed by atoms with Gasteiger partial charge in [0.1, 0.15) is 0 Å². The van der Waals surface area contributed by atoms with E-state index in [1.165, 1.54) is 6.92 Å². The van der Waals surface area contributed by atoms with Crippen molar-refractivity contribution in [1.29, 1.82) is 0 Å². The zero-order valence-corrected chi connectivity index (χ0v) is 15.3. The second-order valence-electron chi connectivity index (χ2n) is 6.18. The lowest BCUT2D eigenvalue weighted by Crippen LogP contribution is -2.25. The van der Waals surface area contributed by atoms with Crippen LogP contribution in [0.2, 0.25) is 0 Å². The molecular formula is C20H18N4O4. The highest BCUT2D eigenvalue weighted by Gasteiger charge is 2.17. The second-order valence-corrected chi connectivity index (χ2v) is 6.18. The van der Waals surface area contributed by atoms with E-state index in [2.05, 4.69) is 15.7 Å². The lowest BCUT2D eigenvalue weighted by molar-refractivity contribution is -0.114. The summed E-state index contributed by atoms with van der Waals surface area (Å²) in [7, 11) is 0. The minimum atomic E-state index is -0.675. The first-order valence-electron chi connectivity index (χ1n) is 8.43. The molecule has 0 saturated carbocycles. The fourth-order valence-electron chi connectivity index (χ4n) is 2.58. The van der Waals surface area contributed by atoms with Gasteiger partial charge in [0.25, 0.3) is 11.5 Å². The summed E-state index contributed by atoms with van der Waals surface area (Å²) in [5, 5.41) is 19.3. The van der Waals surface area contributed by atoms with Crippen LogP contribution in [0.3, 0.4) is 0 Å². The van der Waals surface area contributed by atoms with E-state index in [0.717, 1.165) is 16.3 Å². The molecule has 8 heteroatoms. The molecule has 3 rings (SSSR count). The van der Waals surface area contributed by atoms with Crippen LogP contribution in [0.1, 0.15) is 23.0 Å². The average molecular weight is 378 g/mol. The summed E-state index contributed by atoms with van der Waals surface area (Å²) in [4.78, 5) is 35.8. The number of carbonyl (C=O) groups excluding carboxylic acids is 2. The van der Waals surface area contributed by atoms with E-state index in [9.17, 15) is 19.5 Å². The molecule has 0 saturated heterocycles. The Morgan fingerprint density at radius 2 is 1.64 bits per heavy atom. The van der Waals surface area contributed by atoms with Crippen molar-refractivity contribution in [3.63, 3.8) is 0 Å². The highest BCUT2D eigenvalue weighted by atomic mass is 16.3. The SMILES string of the molecule is CC(=O)Nc1ccc(NC(=O)c2nn(-c3cccc(C)c3)c(=O)cc2O)cc1. The Bertz CT molecular complexity index is 1100. The average Bonchev–Trinajstić information content (AvgIpc) is 2.63. The third-order valence-corrected chi connectivity index (χ3v) is 3.84. The Kier molecular flexibility index (Phi) is 5.21. The zero-order chi connectivity index (χ0) is 20.3. The number of nitrogens with one attached hydrogen (secondary N) is 2. The van der Waals surface area contributed by atoms with Gasteiger partial charge in [-0.2, -0.15) is 9.78 Å². The van der Waals surface area contributed by atoms with Crippen molar-refractivity contribution in [3.8, 4) is 11.4 Å². The van der Waals surface area contributed by atoms with Crippen molar-refractivity contribution >= 4 is 23.2 Å². The predicted molar refractivity (Wildman–Crippen MR) is 105 cm³/mol. The summed E-state index contributed by atoms with van der Waals surface area (Å²) in [5.74, 6) is -1.39. The number of carbonyl (C=O) groups is 2. The molecule has 0 aliphatic rings. The highest BCUT2D eigenvalue weighted by Crippen LogP contribution is 2.18. The van der Waals surface area contributed by atoms with Gasteiger partial charge in [-0.05, 0) is 48.9 Å². The molecule has 8 nitrogen and oxygen atoms in total. The Morgan fingerprint density at radius 1 is 1.00 bits per heavy atom. The zero-order valence-electron chi connectivity index (χ0n) is 15.3. The largest absolute Gasteiger partial charge is 0.505 e. The molecule has 1 heterocycles. The molecule has 142 valence electrons. The molecular weight excluding hydrogens is 360 g/mol. The highest BCUT2D eigenvalue weighted by molar-refractivity contribution is 6.04. The van der Waals surface area contributed by atoms with E-state index in [4.69, 9.17) is 0 Å². The van der Waals surface area contributed by atoms with Crippen LogP contribution in [0.4, 0.5) is 11.4 Å². The minimum Gasteiger partial charge on any atom is -0.505 e. The molecule has 0 aliphatic heterocycles. The van der Waals surface area contributed by atoms with Crippen LogP contribution in [-0.2, 0) is 4.79 Å². The lowest BCUT2D eigenvalue weighted by Gasteiger charge is -2.10. The maximum absolute atomic E-state index is 12.5. The van der Waals surface area contributed by atoms with Gasteiger partial charge >= 0.3 is 0 Å². The van der Waals surface area contributed by atoms with Gasteiger partial charge in [0.15, 0.2) is 11.4 Å². The number of benzene rings is 2. The van der Waals surface area contributed by atoms with E-state index in [1.54, 1.807) is 42.5 Å². The fraction of sp³-hybridized carbons (Fsp3) is 0.100. The van der Waals surface area contributed by atoms with Gasteiger partial charge in [-0.25, -0.2) is 0 Å². The summed E-state index contributed by atoms with van der Waals surface area (Å²) in [5.41, 5.74) is 1.59. The maximum atomic E-state index is 12.5. The summed E-state index contributed by atoms with van der Waals surface area (Å²) in [6.07, 6.45) is 0. The third-order valence-electron chi connectivity index (χ3n) is 3.84. The number of aromatic hydroxyl groups is 1. The molecule has 28 heavy (non-hydrogen) atoms. The quantitative estimate of drug-likeness (QED) is 0.645. The molecule has 0 aliphatic carbocycles. The monoisotopic (exact) mass is 378 g/mol. The van der Waals surface area contributed by atoms with E-state index in [0.29, 0.717) is 17.1 Å². The number of aryl methyl sites for hydroxylation is 1. The topological polar surface area (TPSA) is 113 Å². The van der Waals surface area contributed by atoms with Crippen LogP contribution in [-0.4, -0.2) is 26.7 Å². The smallest absolute Gasteiger partial charge is 0.279 e. The van der Waals surface area contributed by atoms with Crippen LogP contribution in [0.25, 0.3) is 5.69 Å². The number of rotatable bonds is 4. The molecule has 0 spiro atoms. The molecule has 0 unspecified atom stereocenters. The van der Waals surface area contributed by atoms with E-state index < -0.39 is 17.2 Å².